The van der Waals surface area contributed by atoms with E-state index < -0.39 is 8.07 Å². The Morgan fingerprint density at radius 3 is 2.71 bits per heavy atom. The lowest BCUT2D eigenvalue weighted by Gasteiger charge is -2.28. The highest BCUT2D eigenvalue weighted by Gasteiger charge is 2.26. The van der Waals surface area contributed by atoms with Gasteiger partial charge in [0.15, 0.2) is 0 Å². The van der Waals surface area contributed by atoms with E-state index in [-0.39, 0.29) is 0 Å². The Labute approximate surface area is 106 Å². The fourth-order valence-electron chi connectivity index (χ4n) is 1.89. The topological polar surface area (TPSA) is 37.9 Å². The molecule has 0 amide bonds. The molecule has 0 aliphatic carbocycles. The summed E-state index contributed by atoms with van der Waals surface area (Å²) in [6, 6.07) is 0. The van der Waals surface area contributed by atoms with Crippen molar-refractivity contribution in [1.82, 2.24) is 9.97 Å². The van der Waals surface area contributed by atoms with Gasteiger partial charge in [-0.2, -0.15) is 0 Å². The Morgan fingerprint density at radius 2 is 2.18 bits per heavy atom. The first-order valence-corrected chi connectivity index (χ1v) is 10.2. The summed E-state index contributed by atoms with van der Waals surface area (Å²) in [5.74, 6) is 0.926. The summed E-state index contributed by atoms with van der Waals surface area (Å²) in [4.78, 5) is 7.24. The van der Waals surface area contributed by atoms with Gasteiger partial charge >= 0.3 is 0 Å². The normalized spacial score (nSPS) is 13.9. The van der Waals surface area contributed by atoms with E-state index in [9.17, 15) is 0 Å². The lowest BCUT2D eigenvalue weighted by atomic mass is 10.2. The Bertz CT molecular complexity index is 293. The number of rotatable bonds is 8. The molecule has 1 N–H and O–H groups in total. The summed E-state index contributed by atoms with van der Waals surface area (Å²) in [6.45, 7) is 11.1. The molecular formula is C13H26N2OSi. The van der Waals surface area contributed by atoms with Crippen LogP contribution >= 0.6 is 0 Å². The maximum atomic E-state index is 5.80. The van der Waals surface area contributed by atoms with Crippen LogP contribution in [-0.2, 0) is 11.3 Å². The van der Waals surface area contributed by atoms with Gasteiger partial charge in [0.1, 0.15) is 12.4 Å². The maximum absolute atomic E-state index is 5.80. The summed E-state index contributed by atoms with van der Waals surface area (Å²) in [6.07, 6.45) is 7.51. The first kappa shape index (κ1) is 14.4. The van der Waals surface area contributed by atoms with E-state index in [2.05, 4.69) is 36.5 Å². The molecule has 0 saturated carbocycles. The van der Waals surface area contributed by atoms with Gasteiger partial charge in [-0.05, 0) is 5.54 Å². The number of hydrogen-bond donors (Lipinski definition) is 1. The van der Waals surface area contributed by atoms with Crippen LogP contribution in [0.25, 0.3) is 0 Å². The molecule has 98 valence electrons. The number of imidazole rings is 1. The third kappa shape index (κ3) is 5.50. The molecule has 3 nitrogen and oxygen atoms in total. The summed E-state index contributed by atoms with van der Waals surface area (Å²) in [7, 11) is -1.10. The monoisotopic (exact) mass is 254 g/mol. The molecule has 0 fully saturated rings. The molecule has 0 bridgehead atoms. The van der Waals surface area contributed by atoms with Gasteiger partial charge in [-0.3, -0.25) is 0 Å². The van der Waals surface area contributed by atoms with Crippen molar-refractivity contribution in [2.75, 3.05) is 6.61 Å². The molecule has 0 aromatic carbocycles. The van der Waals surface area contributed by atoms with Crippen LogP contribution in [0.2, 0.25) is 25.2 Å². The van der Waals surface area contributed by atoms with Crippen molar-refractivity contribution >= 4 is 8.07 Å². The number of unbranched alkanes of at least 4 members (excludes halogenated alkanes) is 1. The zero-order chi connectivity index (χ0) is 12.7. The molecule has 1 atom stereocenters. The van der Waals surface area contributed by atoms with Crippen molar-refractivity contribution in [1.29, 1.82) is 0 Å². The second-order valence-corrected chi connectivity index (χ2v) is 11.3. The summed E-state index contributed by atoms with van der Waals surface area (Å²) >= 11 is 0. The van der Waals surface area contributed by atoms with Crippen LogP contribution in [0.4, 0.5) is 0 Å². The van der Waals surface area contributed by atoms with Crippen molar-refractivity contribution in [2.45, 2.75) is 58.0 Å². The second-order valence-electron chi connectivity index (χ2n) is 5.76. The molecule has 1 aromatic heterocycles. The second kappa shape index (κ2) is 6.96. The minimum atomic E-state index is -1.10. The van der Waals surface area contributed by atoms with Crippen LogP contribution in [0.15, 0.2) is 12.4 Å². The molecule has 0 radical (unpaired) electrons. The fourth-order valence-corrected chi connectivity index (χ4v) is 3.58. The number of ether oxygens (including phenoxy) is 1. The van der Waals surface area contributed by atoms with Gasteiger partial charge < -0.3 is 9.72 Å². The molecule has 1 aromatic rings. The quantitative estimate of drug-likeness (QED) is 0.716. The number of hydrogen-bond acceptors (Lipinski definition) is 2. The third-order valence-electron chi connectivity index (χ3n) is 3.24. The van der Waals surface area contributed by atoms with Crippen molar-refractivity contribution in [2.24, 2.45) is 0 Å². The molecule has 17 heavy (non-hydrogen) atoms. The zero-order valence-corrected chi connectivity index (χ0v) is 12.6. The van der Waals surface area contributed by atoms with Crippen LogP contribution in [0, 0.1) is 0 Å². The number of aromatic nitrogens is 2. The zero-order valence-electron chi connectivity index (χ0n) is 11.6. The summed E-state index contributed by atoms with van der Waals surface area (Å²) in [5, 5.41) is 0. The van der Waals surface area contributed by atoms with E-state index in [4.69, 9.17) is 4.74 Å². The molecule has 1 rings (SSSR count). The summed E-state index contributed by atoms with van der Waals surface area (Å²) < 4.78 is 5.80. The van der Waals surface area contributed by atoms with Crippen molar-refractivity contribution in [3.8, 4) is 0 Å². The lowest BCUT2D eigenvalue weighted by molar-refractivity contribution is 0.110. The molecule has 1 unspecified atom stereocenters. The van der Waals surface area contributed by atoms with Crippen molar-refractivity contribution in [3.63, 3.8) is 0 Å². The molecule has 0 spiro atoms. The summed E-state index contributed by atoms with van der Waals surface area (Å²) in [5.41, 5.74) is 0.761. The van der Waals surface area contributed by atoms with E-state index >= 15 is 0 Å². The van der Waals surface area contributed by atoms with Crippen molar-refractivity contribution < 1.29 is 4.74 Å². The molecular weight excluding hydrogens is 228 g/mol. The predicted octanol–water partition coefficient (Wildman–Crippen LogP) is 3.82. The van der Waals surface area contributed by atoms with Gasteiger partial charge in [0.25, 0.3) is 0 Å². The molecule has 0 aliphatic rings. The number of nitrogens with one attached hydrogen (secondary N) is 1. The maximum Gasteiger partial charge on any atom is 0.132 e. The molecule has 0 saturated heterocycles. The molecule has 0 aliphatic heterocycles. The van der Waals surface area contributed by atoms with Crippen LogP contribution in [0.1, 0.15) is 32.0 Å². The van der Waals surface area contributed by atoms with Crippen LogP contribution in [0.3, 0.4) is 0 Å². The van der Waals surface area contributed by atoms with Crippen LogP contribution in [-0.4, -0.2) is 24.6 Å². The van der Waals surface area contributed by atoms with E-state index in [0.717, 1.165) is 18.0 Å². The Hall–Kier alpha value is -0.613. The number of aromatic amines is 1. The third-order valence-corrected chi connectivity index (χ3v) is 6.15. The van der Waals surface area contributed by atoms with Gasteiger partial charge in [-0.25, -0.2) is 4.98 Å². The minimum absolute atomic E-state index is 0.611. The van der Waals surface area contributed by atoms with E-state index in [1.807, 2.05) is 6.20 Å². The number of H-pyrrole nitrogens is 1. The lowest BCUT2D eigenvalue weighted by Crippen LogP contribution is -2.31. The van der Waals surface area contributed by atoms with Gasteiger partial charge in [0.2, 0.25) is 0 Å². The highest BCUT2D eigenvalue weighted by Crippen LogP contribution is 2.27. The highest BCUT2D eigenvalue weighted by atomic mass is 28.3. The van der Waals surface area contributed by atoms with Gasteiger partial charge in [0.05, 0.1) is 0 Å². The SMILES string of the molecule is CCCCC(COCc1ncc[nH]1)[Si](C)(C)C. The largest absolute Gasteiger partial charge is 0.374 e. The first-order chi connectivity index (χ1) is 8.04. The van der Waals surface area contributed by atoms with Crippen LogP contribution in [0.5, 0.6) is 0 Å². The van der Waals surface area contributed by atoms with Gasteiger partial charge in [0, 0.05) is 27.1 Å². The van der Waals surface area contributed by atoms with E-state index in [0.29, 0.717) is 6.61 Å². The molecule has 1 heterocycles. The Balaban J connectivity index is 2.33. The van der Waals surface area contributed by atoms with Gasteiger partial charge in [-0.1, -0.05) is 45.8 Å². The van der Waals surface area contributed by atoms with E-state index in [1.54, 1.807) is 6.20 Å². The first-order valence-electron chi connectivity index (χ1n) is 6.60. The van der Waals surface area contributed by atoms with Crippen LogP contribution < -0.4 is 0 Å². The highest BCUT2D eigenvalue weighted by molar-refractivity contribution is 6.77. The minimum Gasteiger partial charge on any atom is -0.374 e. The standard InChI is InChI=1S/C13H26N2OSi/c1-5-6-7-12(17(2,3)4)10-16-11-13-14-8-9-15-13/h8-9,12H,5-7,10-11H2,1-4H3,(H,14,15). The Morgan fingerprint density at radius 1 is 1.41 bits per heavy atom. The average molecular weight is 254 g/mol. The smallest absolute Gasteiger partial charge is 0.132 e. The predicted molar refractivity (Wildman–Crippen MR) is 74.9 cm³/mol. The van der Waals surface area contributed by atoms with Crippen molar-refractivity contribution in [3.05, 3.63) is 18.2 Å². The number of nitrogens with zero attached hydrogens (tertiary/aromatic N) is 1. The average Bonchev–Trinajstić information content (AvgIpc) is 2.74. The molecule has 4 heteroatoms. The Kier molecular flexibility index (Phi) is 5.92. The fraction of sp³-hybridized carbons (Fsp3) is 0.769. The van der Waals surface area contributed by atoms with Gasteiger partial charge in [-0.15, -0.1) is 0 Å². The van der Waals surface area contributed by atoms with E-state index in [1.165, 1.54) is 19.3 Å².